The Bertz CT molecular complexity index is 753. The number of carbonyl (C=O) groups excluding carboxylic acids is 1. The van der Waals surface area contributed by atoms with Crippen LogP contribution in [-0.4, -0.2) is 60.9 Å². The van der Waals surface area contributed by atoms with Crippen molar-refractivity contribution in [3.63, 3.8) is 0 Å². The molecule has 1 fully saturated rings. The van der Waals surface area contributed by atoms with Gasteiger partial charge >= 0.3 is 12.0 Å². The average molecular weight is 383 g/mol. The molecule has 144 valence electrons. The second-order valence-corrected chi connectivity index (χ2v) is 8.67. The van der Waals surface area contributed by atoms with Gasteiger partial charge in [0, 0.05) is 31.9 Å². The Hall–Kier alpha value is -2.13. The highest BCUT2D eigenvalue weighted by atomic mass is 32.2. The van der Waals surface area contributed by atoms with E-state index in [4.69, 9.17) is 5.11 Å². The van der Waals surface area contributed by atoms with Gasteiger partial charge in [0.05, 0.1) is 10.8 Å². The predicted molar refractivity (Wildman–Crippen MR) is 97.5 cm³/mol. The van der Waals surface area contributed by atoms with E-state index in [9.17, 15) is 18.0 Å². The summed E-state index contributed by atoms with van der Waals surface area (Å²) in [5, 5.41) is 11.7. The molecule has 2 N–H and O–H groups in total. The number of hydrogen-bond acceptors (Lipinski definition) is 4. The highest BCUT2D eigenvalue weighted by molar-refractivity contribution is 7.89. The Kier molecular flexibility index (Phi) is 6.25. The Morgan fingerprint density at radius 1 is 1.19 bits per heavy atom. The van der Waals surface area contributed by atoms with Gasteiger partial charge in [-0.1, -0.05) is 0 Å². The molecule has 1 aliphatic heterocycles. The smallest absolute Gasteiger partial charge is 0.321 e. The van der Waals surface area contributed by atoms with Crippen molar-refractivity contribution in [3.8, 4) is 0 Å². The number of piperidine rings is 1. The van der Waals surface area contributed by atoms with Crippen molar-refractivity contribution in [2.24, 2.45) is 5.92 Å². The summed E-state index contributed by atoms with van der Waals surface area (Å²) >= 11 is 0. The number of nitrogens with one attached hydrogen (secondary N) is 1. The van der Waals surface area contributed by atoms with E-state index in [-0.39, 0.29) is 17.0 Å². The van der Waals surface area contributed by atoms with Gasteiger partial charge in [-0.3, -0.25) is 4.79 Å². The minimum Gasteiger partial charge on any atom is -0.481 e. The first-order valence-electron chi connectivity index (χ1n) is 8.49. The summed E-state index contributed by atoms with van der Waals surface area (Å²) in [6.45, 7) is 4.35. The molecule has 0 atom stereocenters. The lowest BCUT2D eigenvalue weighted by atomic mass is 9.97. The van der Waals surface area contributed by atoms with Crippen LogP contribution in [0.15, 0.2) is 29.2 Å². The lowest BCUT2D eigenvalue weighted by Crippen LogP contribution is -2.42. The molecule has 0 unspecified atom stereocenters. The minimum absolute atomic E-state index is 0.159. The van der Waals surface area contributed by atoms with Crippen molar-refractivity contribution in [1.29, 1.82) is 0 Å². The Morgan fingerprint density at radius 3 is 2.19 bits per heavy atom. The van der Waals surface area contributed by atoms with E-state index in [1.165, 1.54) is 23.5 Å². The van der Waals surface area contributed by atoms with E-state index in [1.54, 1.807) is 30.9 Å². The summed E-state index contributed by atoms with van der Waals surface area (Å²) < 4.78 is 26.1. The normalized spacial score (nSPS) is 16.1. The molecule has 2 amide bonds. The van der Waals surface area contributed by atoms with Gasteiger partial charge in [0.2, 0.25) is 10.0 Å². The maximum atomic E-state index is 12.4. The lowest BCUT2D eigenvalue weighted by Gasteiger charge is -2.30. The minimum atomic E-state index is -3.56. The first-order chi connectivity index (χ1) is 12.1. The number of sulfonamides is 1. The zero-order valence-corrected chi connectivity index (χ0v) is 16.0. The SMILES string of the molecule is CC(C)N(C)S(=O)(=O)c1ccc(NC(=O)N2CCC(C(=O)O)CC2)cc1. The third-order valence-corrected chi connectivity index (χ3v) is 6.69. The number of carboxylic acids is 1. The lowest BCUT2D eigenvalue weighted by molar-refractivity contribution is -0.143. The van der Waals surface area contributed by atoms with Crippen LogP contribution in [-0.2, 0) is 14.8 Å². The molecule has 0 radical (unpaired) electrons. The van der Waals surface area contributed by atoms with Gasteiger partial charge in [0.25, 0.3) is 0 Å². The number of anilines is 1. The van der Waals surface area contributed by atoms with Gasteiger partial charge in [-0.2, -0.15) is 4.31 Å². The van der Waals surface area contributed by atoms with Crippen molar-refractivity contribution in [3.05, 3.63) is 24.3 Å². The van der Waals surface area contributed by atoms with Crippen LogP contribution in [0.25, 0.3) is 0 Å². The number of likely N-dealkylation sites (tertiary alicyclic amines) is 1. The molecule has 26 heavy (non-hydrogen) atoms. The summed E-state index contributed by atoms with van der Waals surface area (Å²) in [5.41, 5.74) is 0.488. The highest BCUT2D eigenvalue weighted by Gasteiger charge is 2.27. The van der Waals surface area contributed by atoms with Crippen molar-refractivity contribution in [2.45, 2.75) is 37.6 Å². The molecule has 0 spiro atoms. The molecule has 1 aliphatic rings. The standard InChI is InChI=1S/C17H25N3O5S/c1-12(2)19(3)26(24,25)15-6-4-14(5-7-15)18-17(23)20-10-8-13(9-11-20)16(21)22/h4-7,12-13H,8-11H2,1-3H3,(H,18,23)(H,21,22). The summed E-state index contributed by atoms with van der Waals surface area (Å²) in [5.74, 6) is -1.23. The Balaban J connectivity index is 1.99. The second kappa shape index (κ2) is 8.05. The maximum Gasteiger partial charge on any atom is 0.321 e. The molecule has 0 bridgehead atoms. The van der Waals surface area contributed by atoms with E-state index in [0.717, 1.165) is 0 Å². The highest BCUT2D eigenvalue weighted by Crippen LogP contribution is 2.21. The Morgan fingerprint density at radius 2 is 1.73 bits per heavy atom. The first-order valence-corrected chi connectivity index (χ1v) is 9.93. The number of aliphatic carboxylic acids is 1. The number of urea groups is 1. The van der Waals surface area contributed by atoms with Gasteiger partial charge in [0.1, 0.15) is 0 Å². The van der Waals surface area contributed by atoms with Gasteiger partial charge in [-0.05, 0) is 51.0 Å². The van der Waals surface area contributed by atoms with Crippen molar-refractivity contribution in [2.75, 3.05) is 25.5 Å². The monoisotopic (exact) mass is 383 g/mol. The molecular weight excluding hydrogens is 358 g/mol. The summed E-state index contributed by atoms with van der Waals surface area (Å²) in [4.78, 5) is 24.9. The summed E-state index contributed by atoms with van der Waals surface area (Å²) in [7, 11) is -2.04. The van der Waals surface area contributed by atoms with E-state index in [0.29, 0.717) is 31.6 Å². The van der Waals surface area contributed by atoms with Crippen LogP contribution in [0.2, 0.25) is 0 Å². The largest absolute Gasteiger partial charge is 0.481 e. The number of rotatable bonds is 5. The van der Waals surface area contributed by atoms with Crippen LogP contribution in [0.3, 0.4) is 0 Å². The van der Waals surface area contributed by atoms with E-state index in [1.807, 2.05) is 0 Å². The van der Waals surface area contributed by atoms with E-state index in [2.05, 4.69) is 5.32 Å². The van der Waals surface area contributed by atoms with Crippen molar-refractivity contribution in [1.82, 2.24) is 9.21 Å². The fourth-order valence-electron chi connectivity index (χ4n) is 2.69. The molecule has 1 saturated heterocycles. The van der Waals surface area contributed by atoms with Gasteiger partial charge in [-0.25, -0.2) is 13.2 Å². The number of amides is 2. The molecule has 8 nitrogen and oxygen atoms in total. The predicted octanol–water partition coefficient (Wildman–Crippen LogP) is 2.04. The van der Waals surface area contributed by atoms with Crippen LogP contribution in [0.1, 0.15) is 26.7 Å². The summed E-state index contributed by atoms with van der Waals surface area (Å²) in [6.07, 6.45) is 0.864. The molecule has 1 aromatic carbocycles. The topological polar surface area (TPSA) is 107 Å². The van der Waals surface area contributed by atoms with Crippen LogP contribution in [0.5, 0.6) is 0 Å². The van der Waals surface area contributed by atoms with Crippen LogP contribution >= 0.6 is 0 Å². The van der Waals surface area contributed by atoms with Crippen molar-refractivity contribution >= 4 is 27.7 Å². The first kappa shape index (κ1) is 20.2. The van der Waals surface area contributed by atoms with Crippen LogP contribution in [0.4, 0.5) is 10.5 Å². The maximum absolute atomic E-state index is 12.4. The van der Waals surface area contributed by atoms with Gasteiger partial charge < -0.3 is 15.3 Å². The molecule has 2 rings (SSSR count). The number of carbonyl (C=O) groups is 2. The second-order valence-electron chi connectivity index (χ2n) is 6.67. The number of nitrogens with zero attached hydrogens (tertiary/aromatic N) is 2. The Labute approximate surface area is 153 Å². The van der Waals surface area contributed by atoms with E-state index < -0.39 is 21.9 Å². The van der Waals surface area contributed by atoms with Gasteiger partial charge in [0.15, 0.2) is 0 Å². The summed E-state index contributed by atoms with van der Waals surface area (Å²) in [6, 6.07) is 5.53. The molecule has 0 aliphatic carbocycles. The third-order valence-electron chi connectivity index (χ3n) is 4.64. The quantitative estimate of drug-likeness (QED) is 0.809. The fraction of sp³-hybridized carbons (Fsp3) is 0.529. The van der Waals surface area contributed by atoms with E-state index >= 15 is 0 Å². The molecule has 0 saturated carbocycles. The molecule has 0 aromatic heterocycles. The van der Waals surface area contributed by atoms with Gasteiger partial charge in [-0.15, -0.1) is 0 Å². The zero-order valence-electron chi connectivity index (χ0n) is 15.2. The number of carboxylic acid groups (broad SMARTS) is 1. The fourth-order valence-corrected chi connectivity index (χ4v) is 4.05. The average Bonchev–Trinajstić information content (AvgIpc) is 2.61. The third kappa shape index (κ3) is 4.53. The number of benzene rings is 1. The molecule has 9 heteroatoms. The van der Waals surface area contributed by atoms with Crippen LogP contribution in [0, 0.1) is 5.92 Å². The number of hydrogen-bond donors (Lipinski definition) is 2. The van der Waals surface area contributed by atoms with Crippen molar-refractivity contribution < 1.29 is 23.1 Å². The zero-order chi connectivity index (χ0) is 19.5. The molecule has 1 aromatic rings. The van der Waals surface area contributed by atoms with Crippen LogP contribution < -0.4 is 5.32 Å². The molecule has 1 heterocycles. The molecular formula is C17H25N3O5S.